The molecule has 8 nitrogen and oxygen atoms in total. The van der Waals surface area contributed by atoms with Gasteiger partial charge >= 0.3 is 12.1 Å². The van der Waals surface area contributed by atoms with Gasteiger partial charge in [0.15, 0.2) is 5.82 Å². The molecule has 1 aromatic heterocycles. The lowest BCUT2D eigenvalue weighted by Crippen LogP contribution is -2.36. The highest BCUT2D eigenvalue weighted by Gasteiger charge is 2.37. The average Bonchev–Trinajstić information content (AvgIpc) is 3.32. The second-order valence-corrected chi connectivity index (χ2v) is 11.2. The topological polar surface area (TPSA) is 101 Å². The van der Waals surface area contributed by atoms with Crippen LogP contribution in [0.1, 0.15) is 63.4 Å². The van der Waals surface area contributed by atoms with Gasteiger partial charge in [0, 0.05) is 24.8 Å². The molecule has 3 aromatic carbocycles. The van der Waals surface area contributed by atoms with Crippen molar-refractivity contribution in [3.05, 3.63) is 93.3 Å². The van der Waals surface area contributed by atoms with Crippen LogP contribution in [0.5, 0.6) is 5.75 Å². The normalized spacial score (nSPS) is 18.3. The van der Waals surface area contributed by atoms with E-state index in [4.69, 9.17) is 14.7 Å². The van der Waals surface area contributed by atoms with Gasteiger partial charge in [-0.25, -0.2) is 18.6 Å². The van der Waals surface area contributed by atoms with Gasteiger partial charge in [-0.05, 0) is 67.3 Å². The van der Waals surface area contributed by atoms with Gasteiger partial charge in [-0.3, -0.25) is 4.90 Å². The maximum atomic E-state index is 15.0. The molecule has 0 radical (unpaired) electrons. The first-order valence-electron chi connectivity index (χ1n) is 14.3. The molecule has 1 saturated heterocycles. The minimum Gasteiger partial charge on any atom is -0.488 e. The lowest BCUT2D eigenvalue weighted by atomic mass is 9.91. The van der Waals surface area contributed by atoms with Crippen LogP contribution in [0, 0.1) is 23.0 Å². The fraction of sp³-hybridized carbons (Fsp3) is 0.344. The second kappa shape index (κ2) is 11.8. The van der Waals surface area contributed by atoms with E-state index in [1.165, 1.54) is 24.3 Å². The van der Waals surface area contributed by atoms with Gasteiger partial charge in [-0.1, -0.05) is 6.07 Å². The maximum Gasteiger partial charge on any atom is 0.419 e. The van der Waals surface area contributed by atoms with Crippen molar-refractivity contribution in [2.75, 3.05) is 13.2 Å². The zero-order valence-corrected chi connectivity index (χ0v) is 24.0. The van der Waals surface area contributed by atoms with E-state index in [-0.39, 0.29) is 41.3 Å². The molecular weight excluding hydrogens is 599 g/mol. The van der Waals surface area contributed by atoms with Crippen LogP contribution in [0.2, 0.25) is 0 Å². The molecule has 0 unspecified atom stereocenters. The predicted molar refractivity (Wildman–Crippen MR) is 150 cm³/mol. The van der Waals surface area contributed by atoms with Gasteiger partial charge in [0.2, 0.25) is 0 Å². The SMILES string of the molecule is C[C@H]1c2cc(OCc3ccc(C#N)cc3F)c(C(F)(F)F)cc2CCN1Cc1nc2c(F)cc(C(=O)O)cc2n1C[C@@H]1CCO1. The number of hydrogen-bond donors (Lipinski definition) is 1. The van der Waals surface area contributed by atoms with Crippen molar-refractivity contribution in [1.29, 1.82) is 5.26 Å². The third-order valence-corrected chi connectivity index (χ3v) is 8.44. The van der Waals surface area contributed by atoms with Crippen molar-refractivity contribution in [2.24, 2.45) is 0 Å². The molecule has 0 bridgehead atoms. The van der Waals surface area contributed by atoms with E-state index in [9.17, 15) is 31.9 Å². The number of fused-ring (bicyclic) bond motifs is 2. The van der Waals surface area contributed by atoms with E-state index in [2.05, 4.69) is 4.98 Å². The number of aromatic carboxylic acids is 1. The lowest BCUT2D eigenvalue weighted by molar-refractivity contribution is -0.139. The van der Waals surface area contributed by atoms with E-state index >= 15 is 0 Å². The number of hydrogen-bond acceptors (Lipinski definition) is 6. The standard InChI is InChI=1S/C32H27F5N4O4/c1-17-23-12-28(45-16-20-3-2-18(13-38)8-25(20)33)24(32(35,36)37)9-19(23)4-6-40(17)15-29-39-30-26(34)10-21(31(42)43)11-27(30)41(29)14-22-5-7-44-22/h2-3,8-12,17,22H,4-7,14-16H2,1H3,(H,42,43)/t17-,22-/m0/s1. The van der Waals surface area contributed by atoms with Crippen molar-refractivity contribution >= 4 is 17.0 Å². The summed E-state index contributed by atoms with van der Waals surface area (Å²) in [5.74, 6) is -2.78. The summed E-state index contributed by atoms with van der Waals surface area (Å²) in [6.07, 6.45) is -3.79. The van der Waals surface area contributed by atoms with E-state index < -0.39 is 47.7 Å². The molecule has 6 rings (SSSR count). The number of aromatic nitrogens is 2. The Hall–Kier alpha value is -4.54. The Labute approximate surface area is 254 Å². The van der Waals surface area contributed by atoms with Gasteiger partial charge in [0.05, 0.1) is 47.5 Å². The summed E-state index contributed by atoms with van der Waals surface area (Å²) in [6.45, 7) is 2.87. The molecule has 2 aliphatic rings. The molecule has 2 atom stereocenters. The number of alkyl halides is 3. The minimum atomic E-state index is -4.72. The van der Waals surface area contributed by atoms with Crippen LogP contribution < -0.4 is 4.74 Å². The van der Waals surface area contributed by atoms with Crippen LogP contribution >= 0.6 is 0 Å². The highest BCUT2D eigenvalue weighted by molar-refractivity contribution is 5.92. The molecule has 13 heteroatoms. The molecule has 2 aliphatic heterocycles. The number of halogens is 5. The fourth-order valence-corrected chi connectivity index (χ4v) is 5.84. The molecule has 1 fully saturated rings. The largest absolute Gasteiger partial charge is 0.488 e. The highest BCUT2D eigenvalue weighted by Crippen LogP contribution is 2.42. The van der Waals surface area contributed by atoms with Crippen molar-refractivity contribution < 1.29 is 41.3 Å². The summed E-state index contributed by atoms with van der Waals surface area (Å²) < 4.78 is 84.6. The maximum absolute atomic E-state index is 15.0. The van der Waals surface area contributed by atoms with Crippen LogP contribution in [-0.4, -0.2) is 44.8 Å². The first-order valence-corrected chi connectivity index (χ1v) is 14.3. The first-order chi connectivity index (χ1) is 21.4. The quantitative estimate of drug-likeness (QED) is 0.226. The number of carboxylic acid groups (broad SMARTS) is 1. The number of carboxylic acids is 1. The van der Waals surface area contributed by atoms with Crippen molar-refractivity contribution in [2.45, 2.75) is 57.8 Å². The summed E-state index contributed by atoms with van der Waals surface area (Å²) in [5.41, 5.74) is 0.337. The number of nitriles is 1. The molecule has 45 heavy (non-hydrogen) atoms. The molecule has 1 N–H and O–H groups in total. The minimum absolute atomic E-state index is 0.00199. The van der Waals surface area contributed by atoms with Crippen LogP contribution in [0.15, 0.2) is 42.5 Å². The number of nitrogens with zero attached hydrogens (tertiary/aromatic N) is 4. The third kappa shape index (κ3) is 5.95. The molecule has 0 saturated carbocycles. The Morgan fingerprint density at radius 1 is 1.18 bits per heavy atom. The Balaban J connectivity index is 1.32. The number of imidazole rings is 1. The molecule has 0 aliphatic carbocycles. The van der Waals surface area contributed by atoms with Gasteiger partial charge < -0.3 is 19.1 Å². The fourth-order valence-electron chi connectivity index (χ4n) is 5.84. The van der Waals surface area contributed by atoms with Crippen LogP contribution in [0.3, 0.4) is 0 Å². The van der Waals surface area contributed by atoms with E-state index in [1.54, 1.807) is 10.6 Å². The smallest absolute Gasteiger partial charge is 0.419 e. The Kier molecular flexibility index (Phi) is 7.96. The molecule has 4 aromatic rings. The first kappa shape index (κ1) is 30.5. The van der Waals surface area contributed by atoms with Gasteiger partial charge in [0.1, 0.15) is 29.5 Å². The third-order valence-electron chi connectivity index (χ3n) is 8.44. The molecule has 0 spiro atoms. The summed E-state index contributed by atoms with van der Waals surface area (Å²) in [7, 11) is 0. The monoisotopic (exact) mass is 626 g/mol. The highest BCUT2D eigenvalue weighted by atomic mass is 19.4. The average molecular weight is 627 g/mol. The summed E-state index contributed by atoms with van der Waals surface area (Å²) in [5, 5.41) is 18.4. The van der Waals surface area contributed by atoms with E-state index in [0.29, 0.717) is 42.2 Å². The summed E-state index contributed by atoms with van der Waals surface area (Å²) >= 11 is 0. The van der Waals surface area contributed by atoms with Crippen LogP contribution in [0.4, 0.5) is 22.0 Å². The Morgan fingerprint density at radius 3 is 2.60 bits per heavy atom. The number of rotatable bonds is 8. The molecule has 234 valence electrons. The summed E-state index contributed by atoms with van der Waals surface area (Å²) in [6, 6.07) is 9.76. The number of ether oxygens (including phenoxy) is 2. The zero-order chi connectivity index (χ0) is 32.0. The Morgan fingerprint density at radius 2 is 1.96 bits per heavy atom. The van der Waals surface area contributed by atoms with Crippen molar-refractivity contribution in [3.8, 4) is 11.8 Å². The van der Waals surface area contributed by atoms with Crippen LogP contribution in [0.25, 0.3) is 11.0 Å². The van der Waals surface area contributed by atoms with Gasteiger partial charge in [-0.15, -0.1) is 0 Å². The van der Waals surface area contributed by atoms with E-state index in [1.807, 2.05) is 11.8 Å². The van der Waals surface area contributed by atoms with Gasteiger partial charge in [0.25, 0.3) is 0 Å². The zero-order valence-electron chi connectivity index (χ0n) is 24.0. The molecule has 3 heterocycles. The summed E-state index contributed by atoms with van der Waals surface area (Å²) in [4.78, 5) is 18.1. The molecule has 0 amide bonds. The van der Waals surface area contributed by atoms with E-state index in [0.717, 1.165) is 24.6 Å². The Bertz CT molecular complexity index is 1840. The van der Waals surface area contributed by atoms with Crippen LogP contribution in [-0.2, 0) is 37.0 Å². The number of carbonyl (C=O) groups is 1. The number of benzene rings is 3. The van der Waals surface area contributed by atoms with Crippen molar-refractivity contribution in [3.63, 3.8) is 0 Å². The van der Waals surface area contributed by atoms with Crippen molar-refractivity contribution in [1.82, 2.24) is 14.5 Å². The predicted octanol–water partition coefficient (Wildman–Crippen LogP) is 6.39. The molecular formula is C32H27F5N4O4. The lowest BCUT2D eigenvalue weighted by Gasteiger charge is -2.36. The second-order valence-electron chi connectivity index (χ2n) is 11.2. The van der Waals surface area contributed by atoms with Gasteiger partial charge in [-0.2, -0.15) is 18.4 Å².